The molecule has 0 saturated heterocycles. The molecule has 0 spiro atoms. The van der Waals surface area contributed by atoms with E-state index in [1.165, 1.54) is 23.2 Å². The van der Waals surface area contributed by atoms with Crippen molar-refractivity contribution in [3.8, 4) is 0 Å². The predicted octanol–water partition coefficient (Wildman–Crippen LogP) is 3.85. The molecule has 0 atom stereocenters. The van der Waals surface area contributed by atoms with Gasteiger partial charge in [0.15, 0.2) is 0 Å². The van der Waals surface area contributed by atoms with Gasteiger partial charge in [-0.25, -0.2) is 4.39 Å². The molecule has 3 aromatic rings. The molecule has 0 bridgehead atoms. The van der Waals surface area contributed by atoms with Crippen LogP contribution in [-0.2, 0) is 17.8 Å². The second kappa shape index (κ2) is 9.10. The third kappa shape index (κ3) is 5.72. The highest BCUT2D eigenvalue weighted by atomic mass is 19.1. The van der Waals surface area contributed by atoms with Crippen LogP contribution in [0.25, 0.3) is 0 Å². The van der Waals surface area contributed by atoms with Crippen LogP contribution in [0.2, 0.25) is 0 Å². The third-order valence-electron chi connectivity index (χ3n) is 4.45. The molecule has 0 unspecified atom stereocenters. The van der Waals surface area contributed by atoms with Gasteiger partial charge in [-0.3, -0.25) is 14.6 Å². The first-order valence-electron chi connectivity index (χ1n) is 9.17. The van der Waals surface area contributed by atoms with Gasteiger partial charge in [0.2, 0.25) is 0 Å². The first-order chi connectivity index (χ1) is 13.9. The monoisotopic (exact) mass is 392 g/mol. The van der Waals surface area contributed by atoms with Gasteiger partial charge >= 0.3 is 5.97 Å². The number of rotatable bonds is 7. The summed E-state index contributed by atoms with van der Waals surface area (Å²) in [7, 11) is 0. The summed E-state index contributed by atoms with van der Waals surface area (Å²) in [6, 6.07) is 17.0. The fourth-order valence-corrected chi connectivity index (χ4v) is 3.02. The number of amides is 1. The Morgan fingerprint density at radius 2 is 1.79 bits per heavy atom. The summed E-state index contributed by atoms with van der Waals surface area (Å²) >= 11 is 0. The SMILES string of the molecule is Cc1ccc(CN(CC(=O)O)C(=O)c2ccnc(Cc3cccc(F)c3)c2)cc1. The molecular formula is C23H21FN2O3. The number of aliphatic carboxylic acids is 1. The van der Waals surface area contributed by atoms with E-state index in [0.717, 1.165) is 16.7 Å². The Hall–Kier alpha value is -3.54. The minimum atomic E-state index is -1.08. The van der Waals surface area contributed by atoms with E-state index in [0.29, 0.717) is 17.7 Å². The second-order valence-electron chi connectivity index (χ2n) is 6.88. The lowest BCUT2D eigenvalue weighted by Gasteiger charge is -2.21. The van der Waals surface area contributed by atoms with Crippen LogP contribution in [0.4, 0.5) is 4.39 Å². The number of benzene rings is 2. The van der Waals surface area contributed by atoms with Gasteiger partial charge < -0.3 is 10.0 Å². The molecule has 0 aliphatic carbocycles. The molecule has 2 aromatic carbocycles. The topological polar surface area (TPSA) is 70.5 Å². The zero-order valence-corrected chi connectivity index (χ0v) is 16.0. The van der Waals surface area contributed by atoms with Crippen molar-refractivity contribution in [3.05, 3.63) is 101 Å². The van der Waals surface area contributed by atoms with Gasteiger partial charge in [0, 0.05) is 30.4 Å². The number of carbonyl (C=O) groups is 2. The van der Waals surface area contributed by atoms with Crippen LogP contribution in [-0.4, -0.2) is 33.4 Å². The van der Waals surface area contributed by atoms with E-state index >= 15 is 0 Å². The van der Waals surface area contributed by atoms with Crippen LogP contribution in [0.1, 0.15) is 32.7 Å². The smallest absolute Gasteiger partial charge is 0.323 e. The first kappa shape index (κ1) is 20.2. The van der Waals surface area contributed by atoms with Crippen LogP contribution in [0, 0.1) is 12.7 Å². The molecule has 0 saturated carbocycles. The predicted molar refractivity (Wildman–Crippen MR) is 107 cm³/mol. The quantitative estimate of drug-likeness (QED) is 0.663. The Balaban J connectivity index is 1.81. The van der Waals surface area contributed by atoms with Crippen molar-refractivity contribution in [2.75, 3.05) is 6.54 Å². The van der Waals surface area contributed by atoms with Crippen molar-refractivity contribution in [1.29, 1.82) is 0 Å². The van der Waals surface area contributed by atoms with Crippen molar-refractivity contribution in [2.24, 2.45) is 0 Å². The maximum Gasteiger partial charge on any atom is 0.323 e. The Morgan fingerprint density at radius 1 is 1.03 bits per heavy atom. The summed E-state index contributed by atoms with van der Waals surface area (Å²) in [5, 5.41) is 9.24. The Bertz CT molecular complexity index is 1020. The highest BCUT2D eigenvalue weighted by Gasteiger charge is 2.19. The van der Waals surface area contributed by atoms with E-state index in [4.69, 9.17) is 0 Å². The maximum atomic E-state index is 13.4. The zero-order chi connectivity index (χ0) is 20.8. The van der Waals surface area contributed by atoms with Crippen molar-refractivity contribution >= 4 is 11.9 Å². The summed E-state index contributed by atoms with van der Waals surface area (Å²) in [6.07, 6.45) is 1.88. The molecule has 5 nitrogen and oxygen atoms in total. The summed E-state index contributed by atoms with van der Waals surface area (Å²) in [6.45, 7) is 1.74. The van der Waals surface area contributed by atoms with Gasteiger partial charge in [0.05, 0.1) is 0 Å². The minimum absolute atomic E-state index is 0.187. The molecule has 1 amide bonds. The van der Waals surface area contributed by atoms with Crippen LogP contribution in [0.15, 0.2) is 66.9 Å². The summed E-state index contributed by atoms with van der Waals surface area (Å²) < 4.78 is 13.4. The molecule has 148 valence electrons. The standard InChI is InChI=1S/C23H21FN2O3/c1-16-5-7-17(8-6-16)14-26(15-22(27)28)23(29)19-9-10-25-21(13-19)12-18-3-2-4-20(24)11-18/h2-11,13H,12,14-15H2,1H3,(H,27,28). The number of carbonyl (C=O) groups excluding carboxylic acids is 1. The number of hydrogen-bond acceptors (Lipinski definition) is 3. The van der Waals surface area contributed by atoms with Crippen LogP contribution in [0.5, 0.6) is 0 Å². The van der Waals surface area contributed by atoms with Crippen molar-refractivity contribution in [1.82, 2.24) is 9.88 Å². The number of aryl methyl sites for hydroxylation is 1. The van der Waals surface area contributed by atoms with Gasteiger partial charge in [0.25, 0.3) is 5.91 Å². The molecule has 3 rings (SSSR count). The van der Waals surface area contributed by atoms with E-state index in [1.807, 2.05) is 31.2 Å². The summed E-state index contributed by atoms with van der Waals surface area (Å²) in [4.78, 5) is 29.8. The lowest BCUT2D eigenvalue weighted by atomic mass is 10.1. The number of hydrogen-bond donors (Lipinski definition) is 1. The van der Waals surface area contributed by atoms with E-state index in [9.17, 15) is 19.1 Å². The Morgan fingerprint density at radius 3 is 2.48 bits per heavy atom. The normalized spacial score (nSPS) is 10.6. The minimum Gasteiger partial charge on any atom is -0.480 e. The van der Waals surface area contributed by atoms with Gasteiger partial charge in [-0.15, -0.1) is 0 Å². The second-order valence-corrected chi connectivity index (χ2v) is 6.88. The number of carboxylic acids is 1. The van der Waals surface area contributed by atoms with E-state index in [2.05, 4.69) is 4.98 Å². The lowest BCUT2D eigenvalue weighted by molar-refractivity contribution is -0.137. The lowest BCUT2D eigenvalue weighted by Crippen LogP contribution is -2.35. The van der Waals surface area contributed by atoms with Crippen LogP contribution < -0.4 is 0 Å². The van der Waals surface area contributed by atoms with E-state index < -0.39 is 18.4 Å². The van der Waals surface area contributed by atoms with E-state index in [1.54, 1.807) is 24.3 Å². The molecule has 0 radical (unpaired) electrons. The highest BCUT2D eigenvalue weighted by molar-refractivity contribution is 5.95. The van der Waals surface area contributed by atoms with Crippen molar-refractivity contribution in [2.45, 2.75) is 19.9 Å². The molecule has 29 heavy (non-hydrogen) atoms. The molecule has 6 heteroatoms. The average molecular weight is 392 g/mol. The van der Waals surface area contributed by atoms with Crippen LogP contribution in [0.3, 0.4) is 0 Å². The molecule has 0 aliphatic rings. The molecule has 0 aliphatic heterocycles. The van der Waals surface area contributed by atoms with Gasteiger partial charge in [-0.05, 0) is 42.3 Å². The number of halogens is 1. The summed E-state index contributed by atoms with van der Waals surface area (Å²) in [5.41, 5.74) is 3.62. The fourth-order valence-electron chi connectivity index (χ4n) is 3.02. The first-order valence-corrected chi connectivity index (χ1v) is 9.17. The Labute approximate surface area is 168 Å². The highest BCUT2D eigenvalue weighted by Crippen LogP contribution is 2.14. The summed E-state index contributed by atoms with van der Waals surface area (Å²) in [5.74, 6) is -1.81. The maximum absolute atomic E-state index is 13.4. The van der Waals surface area contributed by atoms with Gasteiger partial charge in [-0.1, -0.05) is 42.0 Å². The Kier molecular flexibility index (Phi) is 6.34. The number of aromatic nitrogens is 1. The zero-order valence-electron chi connectivity index (χ0n) is 16.0. The van der Waals surface area contributed by atoms with Gasteiger partial charge in [-0.2, -0.15) is 0 Å². The molecule has 1 N–H and O–H groups in total. The molecule has 1 heterocycles. The third-order valence-corrected chi connectivity index (χ3v) is 4.45. The fraction of sp³-hybridized carbons (Fsp3) is 0.174. The van der Waals surface area contributed by atoms with Crippen molar-refractivity contribution in [3.63, 3.8) is 0 Å². The largest absolute Gasteiger partial charge is 0.480 e. The van der Waals surface area contributed by atoms with Gasteiger partial charge in [0.1, 0.15) is 12.4 Å². The molecule has 1 aromatic heterocycles. The van der Waals surface area contributed by atoms with E-state index in [-0.39, 0.29) is 12.4 Å². The van der Waals surface area contributed by atoms with Crippen molar-refractivity contribution < 1.29 is 19.1 Å². The number of nitrogens with zero attached hydrogens (tertiary/aromatic N) is 2. The number of pyridine rings is 1. The molecular weight excluding hydrogens is 371 g/mol. The average Bonchev–Trinajstić information content (AvgIpc) is 2.68. The molecule has 0 fully saturated rings. The number of carboxylic acid groups (broad SMARTS) is 1. The van der Waals surface area contributed by atoms with Crippen LogP contribution >= 0.6 is 0 Å².